The van der Waals surface area contributed by atoms with Gasteiger partial charge in [-0.2, -0.15) is 13.2 Å². The maximum absolute atomic E-state index is 12.6. The minimum Gasteiger partial charge on any atom is -0.376 e. The van der Waals surface area contributed by atoms with Crippen LogP contribution in [0.4, 0.5) is 13.2 Å². The molecule has 0 radical (unpaired) electrons. The van der Waals surface area contributed by atoms with E-state index in [0.717, 1.165) is 6.42 Å². The van der Waals surface area contributed by atoms with E-state index in [1.807, 2.05) is 0 Å². The van der Waals surface area contributed by atoms with E-state index >= 15 is 0 Å². The van der Waals surface area contributed by atoms with E-state index < -0.39 is 17.8 Å². The Hall–Kier alpha value is -0.940. The van der Waals surface area contributed by atoms with Crippen molar-refractivity contribution in [3.05, 3.63) is 10.4 Å². The largest absolute Gasteiger partial charge is 0.423 e. The normalized spacial score (nSPS) is 22.9. The molecule has 0 spiro atoms. The first-order valence-electron chi connectivity index (χ1n) is 4.77. The lowest BCUT2D eigenvalue weighted by Crippen LogP contribution is -2.50. The van der Waals surface area contributed by atoms with Crippen LogP contribution >= 0.6 is 0 Å². The predicted octanol–water partition coefficient (Wildman–Crippen LogP) is 3.13. The molecule has 7 heteroatoms. The summed E-state index contributed by atoms with van der Waals surface area (Å²) in [6.07, 6.45) is -2.29. The molecule has 0 aromatic rings. The van der Waals surface area contributed by atoms with Gasteiger partial charge in [0.05, 0.1) is 0 Å². The monoisotopic (exact) mass is 223 g/mol. The van der Waals surface area contributed by atoms with Gasteiger partial charge in [0.15, 0.2) is 0 Å². The average molecular weight is 223 g/mol. The van der Waals surface area contributed by atoms with E-state index in [1.165, 1.54) is 0 Å². The third-order valence-electron chi connectivity index (χ3n) is 2.79. The summed E-state index contributed by atoms with van der Waals surface area (Å²) >= 11 is 0. The molecule has 1 unspecified atom stereocenters. The standard InChI is InChI=1S/C8H12F3N3O/c9-8(10,11)7(15,13-14-12)6-4-2-1-3-5-6/h6,15H,1-5H2. The Labute approximate surface area is 84.7 Å². The molecule has 1 aliphatic carbocycles. The maximum atomic E-state index is 12.6. The highest BCUT2D eigenvalue weighted by atomic mass is 19.4. The Kier molecular flexibility index (Phi) is 3.46. The number of hydrogen-bond acceptors (Lipinski definition) is 2. The quantitative estimate of drug-likeness (QED) is 0.436. The lowest BCUT2D eigenvalue weighted by atomic mass is 9.81. The molecule has 0 bridgehead atoms. The lowest BCUT2D eigenvalue weighted by molar-refractivity contribution is -0.279. The Bertz CT molecular complexity index is 269. The van der Waals surface area contributed by atoms with Crippen molar-refractivity contribution in [3.63, 3.8) is 0 Å². The van der Waals surface area contributed by atoms with Crippen molar-refractivity contribution in [2.75, 3.05) is 0 Å². The smallest absolute Gasteiger partial charge is 0.376 e. The summed E-state index contributed by atoms with van der Waals surface area (Å²) in [4.78, 5) is 2.10. The third-order valence-corrected chi connectivity index (χ3v) is 2.79. The van der Waals surface area contributed by atoms with Gasteiger partial charge in [-0.05, 0) is 23.5 Å². The molecular formula is C8H12F3N3O. The minimum atomic E-state index is -4.90. The van der Waals surface area contributed by atoms with Crippen molar-refractivity contribution in [2.45, 2.75) is 44.0 Å². The van der Waals surface area contributed by atoms with E-state index in [-0.39, 0.29) is 12.8 Å². The van der Waals surface area contributed by atoms with Crippen LogP contribution in [0.25, 0.3) is 10.4 Å². The fourth-order valence-electron chi connectivity index (χ4n) is 1.94. The number of halogens is 3. The Morgan fingerprint density at radius 3 is 2.13 bits per heavy atom. The summed E-state index contributed by atoms with van der Waals surface area (Å²) in [5.74, 6) is -1.01. The van der Waals surface area contributed by atoms with Crippen LogP contribution in [0.1, 0.15) is 32.1 Å². The van der Waals surface area contributed by atoms with Gasteiger partial charge < -0.3 is 5.11 Å². The van der Waals surface area contributed by atoms with Crippen LogP contribution < -0.4 is 0 Å². The molecule has 0 aromatic heterocycles. The molecule has 15 heavy (non-hydrogen) atoms. The fraction of sp³-hybridized carbons (Fsp3) is 1.00. The second kappa shape index (κ2) is 4.28. The number of alkyl halides is 3. The molecular weight excluding hydrogens is 211 g/mol. The molecule has 1 N–H and O–H groups in total. The van der Waals surface area contributed by atoms with Gasteiger partial charge in [0, 0.05) is 10.8 Å². The molecule has 0 aliphatic heterocycles. The number of azide groups is 1. The van der Waals surface area contributed by atoms with E-state index in [2.05, 4.69) is 10.0 Å². The SMILES string of the molecule is [N-]=[N+]=NC(O)(C1CCCCC1)C(F)(F)F. The Balaban J connectivity index is 2.94. The van der Waals surface area contributed by atoms with Crippen molar-refractivity contribution in [2.24, 2.45) is 11.0 Å². The summed E-state index contributed by atoms with van der Waals surface area (Å²) < 4.78 is 37.7. The van der Waals surface area contributed by atoms with E-state index in [9.17, 15) is 18.3 Å². The van der Waals surface area contributed by atoms with Crippen molar-refractivity contribution in [3.8, 4) is 0 Å². The first-order chi connectivity index (χ1) is 6.92. The van der Waals surface area contributed by atoms with Crippen LogP contribution in [0.3, 0.4) is 0 Å². The molecule has 4 nitrogen and oxygen atoms in total. The van der Waals surface area contributed by atoms with E-state index in [0.29, 0.717) is 12.8 Å². The highest BCUT2D eigenvalue weighted by Gasteiger charge is 2.58. The second-order valence-electron chi connectivity index (χ2n) is 3.75. The molecule has 0 aromatic carbocycles. The van der Waals surface area contributed by atoms with Crippen molar-refractivity contribution < 1.29 is 18.3 Å². The molecule has 1 atom stereocenters. The van der Waals surface area contributed by atoms with Crippen LogP contribution in [-0.2, 0) is 0 Å². The summed E-state index contributed by atoms with van der Waals surface area (Å²) in [6.45, 7) is 0. The predicted molar refractivity (Wildman–Crippen MR) is 46.7 cm³/mol. The summed E-state index contributed by atoms with van der Waals surface area (Å²) in [6, 6.07) is 0. The second-order valence-corrected chi connectivity index (χ2v) is 3.75. The van der Waals surface area contributed by atoms with Gasteiger partial charge in [-0.15, -0.1) is 0 Å². The molecule has 1 aliphatic rings. The van der Waals surface area contributed by atoms with Crippen LogP contribution in [0.2, 0.25) is 0 Å². The maximum Gasteiger partial charge on any atom is 0.423 e. The first kappa shape index (κ1) is 12.1. The average Bonchev–Trinajstić information content (AvgIpc) is 2.18. The van der Waals surface area contributed by atoms with Gasteiger partial charge in [-0.25, -0.2) is 0 Å². The van der Waals surface area contributed by atoms with Crippen LogP contribution in [-0.4, -0.2) is 17.0 Å². The molecule has 0 heterocycles. The third kappa shape index (κ3) is 2.35. The molecule has 86 valence electrons. The van der Waals surface area contributed by atoms with Gasteiger partial charge in [-0.3, -0.25) is 0 Å². The number of nitrogens with zero attached hydrogens (tertiary/aromatic N) is 3. The first-order valence-corrected chi connectivity index (χ1v) is 4.77. The fourth-order valence-corrected chi connectivity index (χ4v) is 1.94. The Morgan fingerprint density at radius 2 is 1.73 bits per heavy atom. The number of hydrogen-bond donors (Lipinski definition) is 1. The Morgan fingerprint density at radius 1 is 1.20 bits per heavy atom. The number of rotatable bonds is 2. The molecule has 0 saturated heterocycles. The van der Waals surface area contributed by atoms with E-state index in [4.69, 9.17) is 5.53 Å². The number of aliphatic hydroxyl groups is 1. The molecule has 1 saturated carbocycles. The van der Waals surface area contributed by atoms with Gasteiger partial charge in [0.2, 0.25) is 5.72 Å². The molecule has 1 fully saturated rings. The zero-order valence-electron chi connectivity index (χ0n) is 8.04. The van der Waals surface area contributed by atoms with Crippen LogP contribution in [0.5, 0.6) is 0 Å². The van der Waals surface area contributed by atoms with Crippen molar-refractivity contribution >= 4 is 0 Å². The van der Waals surface area contributed by atoms with Gasteiger partial charge in [0.1, 0.15) is 0 Å². The summed E-state index contributed by atoms with van der Waals surface area (Å²) in [5, 5.41) is 12.0. The van der Waals surface area contributed by atoms with E-state index in [1.54, 1.807) is 0 Å². The van der Waals surface area contributed by atoms with Crippen LogP contribution in [0, 0.1) is 5.92 Å². The highest BCUT2D eigenvalue weighted by molar-refractivity contribution is 4.92. The van der Waals surface area contributed by atoms with Crippen molar-refractivity contribution in [1.82, 2.24) is 0 Å². The molecule has 0 amide bonds. The van der Waals surface area contributed by atoms with Gasteiger partial charge >= 0.3 is 6.18 Å². The highest BCUT2D eigenvalue weighted by Crippen LogP contribution is 2.43. The lowest BCUT2D eigenvalue weighted by Gasteiger charge is -2.35. The van der Waals surface area contributed by atoms with Crippen molar-refractivity contribution in [1.29, 1.82) is 0 Å². The minimum absolute atomic E-state index is 0.245. The zero-order chi connectivity index (χ0) is 11.5. The van der Waals surface area contributed by atoms with Gasteiger partial charge in [0.25, 0.3) is 0 Å². The summed E-state index contributed by atoms with van der Waals surface area (Å²) in [7, 11) is 0. The topological polar surface area (TPSA) is 69.0 Å². The zero-order valence-corrected chi connectivity index (χ0v) is 8.04. The van der Waals surface area contributed by atoms with Gasteiger partial charge in [-0.1, -0.05) is 19.3 Å². The molecule has 1 rings (SSSR count). The summed E-state index contributed by atoms with van der Waals surface area (Å²) in [5.41, 5.74) is 4.86. The van der Waals surface area contributed by atoms with Crippen LogP contribution in [0.15, 0.2) is 5.11 Å².